The number of barbiturate groups is 1. The van der Waals surface area contributed by atoms with Gasteiger partial charge in [0.25, 0.3) is 11.8 Å². The van der Waals surface area contributed by atoms with Gasteiger partial charge in [-0.3, -0.25) is 19.7 Å². The molecule has 0 saturated carbocycles. The molecule has 2 fully saturated rings. The Hall–Kier alpha value is -4.24. The van der Waals surface area contributed by atoms with Crippen LogP contribution in [0.3, 0.4) is 0 Å². The number of para-hydroxylation sites is 1. The number of hydrogen-bond donors (Lipinski definition) is 1. The molecule has 2 aliphatic rings. The van der Waals surface area contributed by atoms with Gasteiger partial charge >= 0.3 is 6.03 Å². The Balaban J connectivity index is 1.50. The maximum Gasteiger partial charge on any atom is 0.335 e. The molecule has 9 heteroatoms. The Morgan fingerprint density at radius 1 is 1.03 bits per heavy atom. The van der Waals surface area contributed by atoms with E-state index in [2.05, 4.69) is 5.32 Å². The van der Waals surface area contributed by atoms with Crippen LogP contribution < -0.4 is 10.2 Å². The number of aryl methyl sites for hydroxylation is 1. The number of urea groups is 1. The minimum Gasteiger partial charge on any atom is -0.378 e. The van der Waals surface area contributed by atoms with Gasteiger partial charge in [-0.25, -0.2) is 9.69 Å². The zero-order valence-corrected chi connectivity index (χ0v) is 19.2. The molecule has 5 amide bonds. The van der Waals surface area contributed by atoms with Crippen molar-refractivity contribution >= 4 is 46.4 Å². The van der Waals surface area contributed by atoms with E-state index in [1.807, 2.05) is 35.8 Å². The van der Waals surface area contributed by atoms with Gasteiger partial charge in [-0.05, 0) is 31.2 Å². The summed E-state index contributed by atoms with van der Waals surface area (Å²) in [4.78, 5) is 53.9. The zero-order valence-electron chi connectivity index (χ0n) is 19.2. The van der Waals surface area contributed by atoms with E-state index in [-0.39, 0.29) is 18.0 Å². The lowest BCUT2D eigenvalue weighted by Gasteiger charge is -2.27. The number of hydrogen-bond acceptors (Lipinski definition) is 5. The van der Waals surface area contributed by atoms with E-state index in [1.54, 1.807) is 35.4 Å². The summed E-state index contributed by atoms with van der Waals surface area (Å²) in [5, 5.41) is 3.04. The standard InChI is InChI=1S/C26H24N4O5/c1-17-6-8-19(9-7-17)30-25(33)21(24(32)27-26(30)34)14-18-15-29(22-5-3-2-4-20(18)22)16-23(31)28-10-12-35-13-11-28/h2-9,14-15H,10-13,16H2,1H3,(H,27,32,34). The van der Waals surface area contributed by atoms with Gasteiger partial charge < -0.3 is 14.2 Å². The van der Waals surface area contributed by atoms with Crippen LogP contribution in [0.2, 0.25) is 0 Å². The molecule has 0 unspecified atom stereocenters. The van der Waals surface area contributed by atoms with Gasteiger partial charge in [-0.2, -0.15) is 0 Å². The van der Waals surface area contributed by atoms with Gasteiger partial charge in [0.1, 0.15) is 12.1 Å². The van der Waals surface area contributed by atoms with Crippen molar-refractivity contribution in [1.82, 2.24) is 14.8 Å². The van der Waals surface area contributed by atoms with Crippen LogP contribution in [0.15, 0.2) is 60.3 Å². The maximum absolute atomic E-state index is 13.3. The fraction of sp³-hybridized carbons (Fsp3) is 0.231. The average Bonchev–Trinajstić information content (AvgIpc) is 3.20. The number of ether oxygens (including phenoxy) is 1. The number of fused-ring (bicyclic) bond motifs is 1. The van der Waals surface area contributed by atoms with Crippen molar-refractivity contribution in [1.29, 1.82) is 0 Å². The number of rotatable bonds is 4. The number of carbonyl (C=O) groups excluding carboxylic acids is 4. The fourth-order valence-corrected chi connectivity index (χ4v) is 4.32. The number of morpholine rings is 1. The first-order valence-electron chi connectivity index (χ1n) is 11.3. The highest BCUT2D eigenvalue weighted by Gasteiger charge is 2.37. The van der Waals surface area contributed by atoms with Crippen molar-refractivity contribution in [2.45, 2.75) is 13.5 Å². The van der Waals surface area contributed by atoms with Gasteiger partial charge in [0.2, 0.25) is 5.91 Å². The maximum atomic E-state index is 13.3. The normalized spacial score (nSPS) is 17.9. The summed E-state index contributed by atoms with van der Waals surface area (Å²) in [6.07, 6.45) is 3.23. The van der Waals surface area contributed by atoms with E-state index in [9.17, 15) is 19.2 Å². The largest absolute Gasteiger partial charge is 0.378 e. The molecule has 2 saturated heterocycles. The van der Waals surface area contributed by atoms with Crippen molar-refractivity contribution in [2.75, 3.05) is 31.2 Å². The van der Waals surface area contributed by atoms with Crippen LogP contribution in [0.5, 0.6) is 0 Å². The number of nitrogens with one attached hydrogen (secondary N) is 1. The Kier molecular flexibility index (Phi) is 5.92. The van der Waals surface area contributed by atoms with Crippen molar-refractivity contribution in [3.63, 3.8) is 0 Å². The molecule has 35 heavy (non-hydrogen) atoms. The summed E-state index contributed by atoms with van der Waals surface area (Å²) >= 11 is 0. The van der Waals surface area contributed by atoms with E-state index < -0.39 is 17.8 Å². The Morgan fingerprint density at radius 2 is 1.74 bits per heavy atom. The van der Waals surface area contributed by atoms with Gasteiger partial charge in [0, 0.05) is 35.8 Å². The smallest absolute Gasteiger partial charge is 0.335 e. The first kappa shape index (κ1) is 22.5. The van der Waals surface area contributed by atoms with Crippen LogP contribution in [0.4, 0.5) is 10.5 Å². The highest BCUT2D eigenvalue weighted by molar-refractivity contribution is 6.39. The van der Waals surface area contributed by atoms with Crippen LogP contribution in [0, 0.1) is 6.92 Å². The predicted octanol–water partition coefficient (Wildman–Crippen LogP) is 2.47. The summed E-state index contributed by atoms with van der Waals surface area (Å²) in [5.74, 6) is -1.50. The van der Waals surface area contributed by atoms with Gasteiger partial charge in [-0.1, -0.05) is 35.9 Å². The Morgan fingerprint density at radius 3 is 2.49 bits per heavy atom. The summed E-state index contributed by atoms with van der Waals surface area (Å²) in [6, 6.07) is 13.6. The lowest BCUT2D eigenvalue weighted by atomic mass is 10.1. The minimum atomic E-state index is -0.792. The molecule has 5 rings (SSSR count). The lowest BCUT2D eigenvalue weighted by Crippen LogP contribution is -2.54. The summed E-state index contributed by atoms with van der Waals surface area (Å²) in [6.45, 7) is 4.15. The van der Waals surface area contributed by atoms with E-state index in [0.29, 0.717) is 37.6 Å². The van der Waals surface area contributed by atoms with Crippen molar-refractivity contribution in [2.24, 2.45) is 0 Å². The van der Waals surface area contributed by atoms with Crippen LogP contribution in [0.25, 0.3) is 17.0 Å². The second kappa shape index (κ2) is 9.19. The van der Waals surface area contributed by atoms with E-state index in [4.69, 9.17) is 4.74 Å². The summed E-state index contributed by atoms with van der Waals surface area (Å²) in [5.41, 5.74) is 2.59. The number of imide groups is 2. The number of amides is 5. The molecule has 1 aromatic heterocycles. The topological polar surface area (TPSA) is 101 Å². The molecule has 3 aromatic rings. The SMILES string of the molecule is Cc1ccc(N2C(=O)NC(=O)C(=Cc3cn(CC(=O)N4CCOCC4)c4ccccc34)C2=O)cc1. The molecule has 0 spiro atoms. The molecular weight excluding hydrogens is 448 g/mol. The Bertz CT molecular complexity index is 1370. The third kappa shape index (κ3) is 4.33. The molecule has 0 atom stereocenters. The molecule has 0 aliphatic carbocycles. The average molecular weight is 473 g/mol. The predicted molar refractivity (Wildman–Crippen MR) is 130 cm³/mol. The first-order chi connectivity index (χ1) is 16.9. The number of aromatic nitrogens is 1. The first-order valence-corrected chi connectivity index (χ1v) is 11.3. The highest BCUT2D eigenvalue weighted by Crippen LogP contribution is 2.27. The fourth-order valence-electron chi connectivity index (χ4n) is 4.32. The highest BCUT2D eigenvalue weighted by atomic mass is 16.5. The van der Waals surface area contributed by atoms with Gasteiger partial charge in [0.15, 0.2) is 0 Å². The molecule has 9 nitrogen and oxygen atoms in total. The van der Waals surface area contributed by atoms with Crippen LogP contribution >= 0.6 is 0 Å². The summed E-state index contributed by atoms with van der Waals surface area (Å²) in [7, 11) is 0. The van der Waals surface area contributed by atoms with Crippen molar-refractivity contribution < 1.29 is 23.9 Å². The molecule has 2 aromatic carbocycles. The van der Waals surface area contributed by atoms with E-state index in [0.717, 1.165) is 21.4 Å². The quantitative estimate of drug-likeness (QED) is 0.465. The van der Waals surface area contributed by atoms with Gasteiger partial charge in [-0.15, -0.1) is 0 Å². The number of carbonyl (C=O) groups is 4. The number of anilines is 1. The third-order valence-electron chi connectivity index (χ3n) is 6.18. The van der Waals surface area contributed by atoms with Crippen LogP contribution in [-0.2, 0) is 25.7 Å². The molecule has 1 N–H and O–H groups in total. The molecule has 0 radical (unpaired) electrons. The van der Waals surface area contributed by atoms with Gasteiger partial charge in [0.05, 0.1) is 18.9 Å². The Labute approximate surface area is 201 Å². The third-order valence-corrected chi connectivity index (χ3v) is 6.18. The molecule has 3 heterocycles. The van der Waals surface area contributed by atoms with Crippen LogP contribution in [-0.4, -0.2) is 59.5 Å². The second-order valence-corrected chi connectivity index (χ2v) is 8.52. The molecule has 0 bridgehead atoms. The molecule has 2 aliphatic heterocycles. The number of nitrogens with zero attached hydrogens (tertiary/aromatic N) is 3. The number of benzene rings is 2. The van der Waals surface area contributed by atoms with E-state index in [1.165, 1.54) is 6.08 Å². The van der Waals surface area contributed by atoms with Crippen molar-refractivity contribution in [3.05, 3.63) is 71.4 Å². The molecule has 178 valence electrons. The monoisotopic (exact) mass is 472 g/mol. The molecular formula is C26H24N4O5. The second-order valence-electron chi connectivity index (χ2n) is 8.52. The van der Waals surface area contributed by atoms with Crippen molar-refractivity contribution in [3.8, 4) is 0 Å². The minimum absolute atomic E-state index is 0.0316. The lowest BCUT2D eigenvalue weighted by molar-refractivity contribution is -0.135. The zero-order chi connectivity index (χ0) is 24.5. The van der Waals surface area contributed by atoms with E-state index >= 15 is 0 Å². The van der Waals surface area contributed by atoms with Crippen LogP contribution in [0.1, 0.15) is 11.1 Å². The summed E-state index contributed by atoms with van der Waals surface area (Å²) < 4.78 is 7.14.